The van der Waals surface area contributed by atoms with Gasteiger partial charge in [0, 0.05) is 18.7 Å². The van der Waals surface area contributed by atoms with Crippen molar-refractivity contribution in [3.63, 3.8) is 0 Å². The molecule has 0 amide bonds. The van der Waals surface area contributed by atoms with Crippen molar-refractivity contribution in [2.45, 2.75) is 12.7 Å². The van der Waals surface area contributed by atoms with Gasteiger partial charge in [0.15, 0.2) is 0 Å². The summed E-state index contributed by atoms with van der Waals surface area (Å²) in [6.07, 6.45) is -0.634. The summed E-state index contributed by atoms with van der Waals surface area (Å²) in [5.41, 5.74) is 3.55. The van der Waals surface area contributed by atoms with E-state index < -0.39 is 6.10 Å². The Bertz CT molecular complexity index is 351. The second-order valence-electron chi connectivity index (χ2n) is 3.95. The fourth-order valence-corrected chi connectivity index (χ4v) is 1.52. The SMILES string of the molecule is COCCONCC(O)COCc1ccccc1Cl. The number of ether oxygens (including phenoxy) is 2. The Morgan fingerprint density at radius 3 is 2.84 bits per heavy atom. The summed E-state index contributed by atoms with van der Waals surface area (Å²) in [7, 11) is 1.60. The number of benzene rings is 1. The molecule has 0 saturated heterocycles. The third-order valence-corrected chi connectivity index (χ3v) is 2.70. The van der Waals surface area contributed by atoms with E-state index in [-0.39, 0.29) is 6.61 Å². The molecule has 1 aromatic rings. The summed E-state index contributed by atoms with van der Waals surface area (Å²) in [5.74, 6) is 0. The highest BCUT2D eigenvalue weighted by Crippen LogP contribution is 2.15. The highest BCUT2D eigenvalue weighted by molar-refractivity contribution is 6.31. The lowest BCUT2D eigenvalue weighted by Gasteiger charge is -2.12. The Labute approximate surface area is 118 Å². The number of hydroxylamine groups is 1. The average molecular weight is 290 g/mol. The number of hydrogen-bond donors (Lipinski definition) is 2. The summed E-state index contributed by atoms with van der Waals surface area (Å²) in [5, 5.41) is 10.3. The zero-order chi connectivity index (χ0) is 13.9. The largest absolute Gasteiger partial charge is 0.389 e. The molecule has 1 unspecified atom stereocenters. The van der Waals surface area contributed by atoms with E-state index in [0.29, 0.717) is 31.4 Å². The van der Waals surface area contributed by atoms with Crippen LogP contribution in [0, 0.1) is 0 Å². The van der Waals surface area contributed by atoms with Crippen LogP contribution in [0.25, 0.3) is 0 Å². The first-order valence-electron chi connectivity index (χ1n) is 6.07. The van der Waals surface area contributed by atoms with Gasteiger partial charge in [-0.3, -0.25) is 4.84 Å². The molecule has 1 aromatic carbocycles. The van der Waals surface area contributed by atoms with Crippen molar-refractivity contribution in [3.8, 4) is 0 Å². The van der Waals surface area contributed by atoms with E-state index in [9.17, 15) is 5.11 Å². The maximum atomic E-state index is 9.62. The predicted octanol–water partition coefficient (Wildman–Crippen LogP) is 1.39. The van der Waals surface area contributed by atoms with Crippen LogP contribution in [0.15, 0.2) is 24.3 Å². The second-order valence-corrected chi connectivity index (χ2v) is 4.36. The van der Waals surface area contributed by atoms with Crippen LogP contribution in [-0.4, -0.2) is 44.7 Å². The molecule has 0 aliphatic rings. The molecule has 5 nitrogen and oxygen atoms in total. The van der Waals surface area contributed by atoms with Gasteiger partial charge >= 0.3 is 0 Å². The van der Waals surface area contributed by atoms with Gasteiger partial charge in [-0.05, 0) is 11.6 Å². The Balaban J connectivity index is 2.07. The molecule has 2 N–H and O–H groups in total. The lowest BCUT2D eigenvalue weighted by Crippen LogP contribution is -2.31. The number of rotatable bonds is 10. The van der Waals surface area contributed by atoms with Crippen molar-refractivity contribution < 1.29 is 19.4 Å². The van der Waals surface area contributed by atoms with Gasteiger partial charge in [0.1, 0.15) is 0 Å². The summed E-state index contributed by atoms with van der Waals surface area (Å²) in [4.78, 5) is 5.02. The van der Waals surface area contributed by atoms with Crippen molar-refractivity contribution in [2.75, 3.05) is 33.5 Å². The molecule has 0 bridgehead atoms. The van der Waals surface area contributed by atoms with E-state index in [2.05, 4.69) is 5.48 Å². The van der Waals surface area contributed by atoms with E-state index in [1.54, 1.807) is 7.11 Å². The van der Waals surface area contributed by atoms with Crippen molar-refractivity contribution in [1.29, 1.82) is 0 Å². The third-order valence-electron chi connectivity index (χ3n) is 2.34. The molecular formula is C13H20ClNO4. The molecule has 0 aromatic heterocycles. The molecule has 0 spiro atoms. The molecular weight excluding hydrogens is 270 g/mol. The topological polar surface area (TPSA) is 60.0 Å². The first-order valence-corrected chi connectivity index (χ1v) is 6.44. The van der Waals surface area contributed by atoms with Crippen LogP contribution in [0.4, 0.5) is 0 Å². The Hall–Kier alpha value is -0.690. The van der Waals surface area contributed by atoms with Gasteiger partial charge in [-0.2, -0.15) is 5.48 Å². The van der Waals surface area contributed by atoms with Gasteiger partial charge in [0.2, 0.25) is 0 Å². The van der Waals surface area contributed by atoms with Crippen molar-refractivity contribution in [3.05, 3.63) is 34.9 Å². The Morgan fingerprint density at radius 2 is 2.11 bits per heavy atom. The maximum Gasteiger partial charge on any atom is 0.0921 e. The number of nitrogens with one attached hydrogen (secondary N) is 1. The standard InChI is InChI=1S/C13H20ClNO4/c1-17-6-7-19-15-8-12(16)10-18-9-11-4-2-3-5-13(11)14/h2-5,12,15-16H,6-10H2,1H3. The monoisotopic (exact) mass is 289 g/mol. The predicted molar refractivity (Wildman–Crippen MR) is 72.9 cm³/mol. The molecule has 1 rings (SSSR count). The van der Waals surface area contributed by atoms with Crippen LogP contribution < -0.4 is 5.48 Å². The Morgan fingerprint density at radius 1 is 1.32 bits per heavy atom. The summed E-state index contributed by atoms with van der Waals surface area (Å²) >= 11 is 5.98. The summed E-state index contributed by atoms with van der Waals surface area (Å²) in [6.45, 7) is 1.83. The van der Waals surface area contributed by atoms with Crippen LogP contribution in [0.2, 0.25) is 5.02 Å². The van der Waals surface area contributed by atoms with Crippen molar-refractivity contribution >= 4 is 11.6 Å². The molecule has 19 heavy (non-hydrogen) atoms. The highest BCUT2D eigenvalue weighted by Gasteiger charge is 2.05. The van der Waals surface area contributed by atoms with Gasteiger partial charge in [0.05, 0.1) is 32.5 Å². The van der Waals surface area contributed by atoms with Crippen LogP contribution in [0.1, 0.15) is 5.56 Å². The molecule has 0 radical (unpaired) electrons. The van der Waals surface area contributed by atoms with Gasteiger partial charge < -0.3 is 14.6 Å². The molecule has 0 saturated carbocycles. The maximum absolute atomic E-state index is 9.62. The number of aliphatic hydroxyl groups is 1. The van der Waals surface area contributed by atoms with Gasteiger partial charge in [0.25, 0.3) is 0 Å². The fourth-order valence-electron chi connectivity index (χ4n) is 1.33. The quantitative estimate of drug-likeness (QED) is 0.503. The van der Waals surface area contributed by atoms with Crippen LogP contribution in [0.3, 0.4) is 0 Å². The van der Waals surface area contributed by atoms with Gasteiger partial charge in [-0.25, -0.2) is 0 Å². The van der Waals surface area contributed by atoms with E-state index in [4.69, 9.17) is 25.9 Å². The van der Waals surface area contributed by atoms with E-state index in [1.165, 1.54) is 0 Å². The molecule has 1 atom stereocenters. The van der Waals surface area contributed by atoms with E-state index in [1.807, 2.05) is 24.3 Å². The van der Waals surface area contributed by atoms with Crippen LogP contribution >= 0.6 is 11.6 Å². The molecule has 0 aliphatic heterocycles. The fraction of sp³-hybridized carbons (Fsp3) is 0.538. The lowest BCUT2D eigenvalue weighted by molar-refractivity contribution is -0.0311. The van der Waals surface area contributed by atoms with Crippen LogP contribution in [0.5, 0.6) is 0 Å². The normalized spacial score (nSPS) is 12.6. The highest BCUT2D eigenvalue weighted by atomic mass is 35.5. The van der Waals surface area contributed by atoms with Crippen LogP contribution in [-0.2, 0) is 20.9 Å². The summed E-state index contributed by atoms with van der Waals surface area (Å²) < 4.78 is 10.2. The zero-order valence-corrected chi connectivity index (χ0v) is 11.7. The lowest BCUT2D eigenvalue weighted by atomic mass is 10.2. The van der Waals surface area contributed by atoms with E-state index >= 15 is 0 Å². The Kier molecular flexibility index (Phi) is 8.73. The number of methoxy groups -OCH3 is 1. The minimum Gasteiger partial charge on any atom is -0.389 e. The van der Waals surface area contributed by atoms with Gasteiger partial charge in [-0.1, -0.05) is 29.8 Å². The minimum atomic E-state index is -0.634. The first-order chi connectivity index (χ1) is 9.24. The second kappa shape index (κ2) is 10.1. The van der Waals surface area contributed by atoms with E-state index in [0.717, 1.165) is 5.56 Å². The minimum absolute atomic E-state index is 0.214. The van der Waals surface area contributed by atoms with Crippen molar-refractivity contribution in [1.82, 2.24) is 5.48 Å². The van der Waals surface area contributed by atoms with Gasteiger partial charge in [-0.15, -0.1) is 0 Å². The first kappa shape index (κ1) is 16.4. The average Bonchev–Trinajstić information content (AvgIpc) is 2.41. The summed E-state index contributed by atoms with van der Waals surface area (Å²) in [6, 6.07) is 7.46. The molecule has 108 valence electrons. The number of hydrogen-bond acceptors (Lipinski definition) is 5. The molecule has 6 heteroatoms. The van der Waals surface area contributed by atoms with Crippen molar-refractivity contribution in [2.24, 2.45) is 0 Å². The molecule has 0 fully saturated rings. The number of aliphatic hydroxyl groups excluding tert-OH is 1. The number of halogens is 1. The molecule has 0 heterocycles. The zero-order valence-electron chi connectivity index (χ0n) is 11.0. The molecule has 0 aliphatic carbocycles. The smallest absolute Gasteiger partial charge is 0.0921 e. The third kappa shape index (κ3) is 7.47.